The Balaban J connectivity index is 1.08. The van der Waals surface area contributed by atoms with E-state index in [1.165, 1.54) is 32.3 Å². The molecule has 0 fully saturated rings. The molecule has 5 heteroatoms. The highest BCUT2D eigenvalue weighted by molar-refractivity contribution is 6.17. The van der Waals surface area contributed by atoms with E-state index in [0.29, 0.717) is 17.5 Å². The first-order valence-corrected chi connectivity index (χ1v) is 23.1. The molecular weight excluding hydrogens is 827 g/mol. The topological polar surface area (TPSA) is 48.5 Å². The molecule has 0 N–H and O–H groups in total. The highest BCUT2D eigenvalue weighted by Crippen LogP contribution is 2.46. The smallest absolute Gasteiger partial charge is 0.165 e. The van der Waals surface area contributed by atoms with E-state index in [-0.39, 0.29) is 0 Å². The van der Waals surface area contributed by atoms with Gasteiger partial charge in [-0.15, -0.1) is 0 Å². The zero-order chi connectivity index (χ0) is 44.7. The number of rotatable bonds is 6. The summed E-state index contributed by atoms with van der Waals surface area (Å²) in [6.07, 6.45) is 0. The molecule has 0 unspecified atom stereocenters. The van der Waals surface area contributed by atoms with E-state index >= 15 is 0 Å². The monoisotopic (exact) mass is 865 g/mol. The lowest BCUT2D eigenvalue weighted by Gasteiger charge is -2.20. The van der Waals surface area contributed by atoms with Crippen LogP contribution in [0.15, 0.2) is 237 Å². The average molecular weight is 866 g/mol. The van der Waals surface area contributed by atoms with Crippen LogP contribution in [0.1, 0.15) is 0 Å². The van der Waals surface area contributed by atoms with Crippen molar-refractivity contribution in [3.63, 3.8) is 0 Å². The van der Waals surface area contributed by atoms with E-state index in [1.807, 2.05) is 18.2 Å². The second-order valence-electron chi connectivity index (χ2n) is 17.6. The van der Waals surface area contributed by atoms with Gasteiger partial charge in [0.2, 0.25) is 0 Å². The molecule has 0 amide bonds. The maximum absolute atomic E-state index is 5.56. The number of nitrogens with zero attached hydrogens (tertiary/aromatic N) is 5. The predicted molar refractivity (Wildman–Crippen MR) is 283 cm³/mol. The van der Waals surface area contributed by atoms with Gasteiger partial charge in [0.1, 0.15) is 0 Å². The van der Waals surface area contributed by atoms with Crippen molar-refractivity contribution in [1.29, 1.82) is 0 Å². The Labute approximate surface area is 391 Å². The second kappa shape index (κ2) is 15.2. The Morgan fingerprint density at radius 2 is 0.794 bits per heavy atom. The van der Waals surface area contributed by atoms with Crippen molar-refractivity contribution < 1.29 is 0 Å². The fourth-order valence-electron chi connectivity index (χ4n) is 10.7. The lowest BCUT2D eigenvalue weighted by atomic mass is 9.89. The summed E-state index contributed by atoms with van der Waals surface area (Å²) in [4.78, 5) is 16.3. The normalized spacial score (nSPS) is 11.8. The predicted octanol–water partition coefficient (Wildman–Crippen LogP) is 16.2. The first-order chi connectivity index (χ1) is 33.7. The summed E-state index contributed by atoms with van der Waals surface area (Å²) in [6, 6.07) is 84.7. The van der Waals surface area contributed by atoms with E-state index in [0.717, 1.165) is 82.8 Å². The molecule has 3 heterocycles. The number of hydrogen-bond donors (Lipinski definition) is 0. The Bertz CT molecular complexity index is 4310. The maximum atomic E-state index is 5.56. The number of fused-ring (bicyclic) bond motifs is 9. The zero-order valence-corrected chi connectivity index (χ0v) is 36.8. The van der Waals surface area contributed by atoms with E-state index < -0.39 is 0 Å². The first-order valence-electron chi connectivity index (χ1n) is 23.1. The minimum Gasteiger partial charge on any atom is -0.309 e. The standard InChI is InChI=1S/C63H39N5/c1-3-19-41(20-4-1)61-64-62(44-34-35-57-52(37-44)49-28-13-15-32-55(49)67(57)45-24-5-2-6-25-45)66-63(65-61)60-51-30-12-11-27-48(51)59(39-54(60)47-31-17-23-40-18-9-10-26-46(40)47)68-56-33-16-14-29-50(56)53-36-42-21-7-8-22-43(42)38-58(53)68/h1-39H. The molecular formula is C63H39N5. The number of para-hydroxylation sites is 3. The first kappa shape index (κ1) is 38.1. The van der Waals surface area contributed by atoms with Gasteiger partial charge in [-0.2, -0.15) is 0 Å². The van der Waals surface area contributed by atoms with E-state index in [2.05, 4.69) is 228 Å². The summed E-state index contributed by atoms with van der Waals surface area (Å²) < 4.78 is 4.81. The lowest BCUT2D eigenvalue weighted by Crippen LogP contribution is -2.04. The van der Waals surface area contributed by atoms with Crippen LogP contribution >= 0.6 is 0 Å². The van der Waals surface area contributed by atoms with E-state index in [9.17, 15) is 0 Å². The molecule has 0 aliphatic carbocycles. The molecule has 0 radical (unpaired) electrons. The van der Waals surface area contributed by atoms with Gasteiger partial charge < -0.3 is 9.13 Å². The summed E-state index contributed by atoms with van der Waals surface area (Å²) >= 11 is 0. The fourth-order valence-corrected chi connectivity index (χ4v) is 10.7. The van der Waals surface area contributed by atoms with Crippen LogP contribution in [0.4, 0.5) is 0 Å². The molecule has 0 saturated heterocycles. The van der Waals surface area contributed by atoms with Crippen LogP contribution in [0.25, 0.3) is 133 Å². The molecule has 14 rings (SSSR count). The van der Waals surface area contributed by atoms with Crippen molar-refractivity contribution in [2.24, 2.45) is 0 Å². The third kappa shape index (κ3) is 5.93. The minimum atomic E-state index is 0.610. The number of hydrogen-bond acceptors (Lipinski definition) is 3. The third-order valence-electron chi connectivity index (χ3n) is 13.7. The number of benzene rings is 11. The van der Waals surface area contributed by atoms with Crippen molar-refractivity contribution in [3.8, 4) is 56.7 Å². The Morgan fingerprint density at radius 1 is 0.265 bits per heavy atom. The molecule has 0 aliphatic rings. The van der Waals surface area contributed by atoms with Crippen molar-refractivity contribution in [2.75, 3.05) is 0 Å². The highest BCUT2D eigenvalue weighted by Gasteiger charge is 2.24. The largest absolute Gasteiger partial charge is 0.309 e. The fraction of sp³-hybridized carbons (Fsp3) is 0. The Hall–Kier alpha value is -9.19. The maximum Gasteiger partial charge on any atom is 0.165 e. The molecule has 11 aromatic carbocycles. The minimum absolute atomic E-state index is 0.610. The van der Waals surface area contributed by atoms with Crippen LogP contribution in [-0.4, -0.2) is 24.1 Å². The van der Waals surface area contributed by atoms with Gasteiger partial charge in [0.15, 0.2) is 17.5 Å². The summed E-state index contributed by atoms with van der Waals surface area (Å²) in [5, 5.41) is 11.6. The van der Waals surface area contributed by atoms with Crippen LogP contribution in [0.5, 0.6) is 0 Å². The second-order valence-corrected chi connectivity index (χ2v) is 17.6. The van der Waals surface area contributed by atoms with Crippen LogP contribution in [-0.2, 0) is 0 Å². The Morgan fingerprint density at radius 3 is 1.54 bits per heavy atom. The molecule has 14 aromatic rings. The molecule has 3 aromatic heterocycles. The molecule has 0 aliphatic heterocycles. The van der Waals surface area contributed by atoms with E-state index in [1.54, 1.807) is 0 Å². The molecule has 0 atom stereocenters. The van der Waals surface area contributed by atoms with Crippen LogP contribution in [0.2, 0.25) is 0 Å². The van der Waals surface area contributed by atoms with Gasteiger partial charge in [-0.25, -0.2) is 15.0 Å². The molecule has 0 saturated carbocycles. The van der Waals surface area contributed by atoms with Crippen LogP contribution in [0, 0.1) is 0 Å². The van der Waals surface area contributed by atoms with Gasteiger partial charge in [0.05, 0.1) is 27.8 Å². The van der Waals surface area contributed by atoms with Crippen molar-refractivity contribution in [3.05, 3.63) is 237 Å². The molecule has 68 heavy (non-hydrogen) atoms. The van der Waals surface area contributed by atoms with Gasteiger partial charge in [0, 0.05) is 49.3 Å². The quantitative estimate of drug-likeness (QED) is 0.167. The van der Waals surface area contributed by atoms with Gasteiger partial charge in [-0.1, -0.05) is 176 Å². The van der Waals surface area contributed by atoms with E-state index in [4.69, 9.17) is 15.0 Å². The average Bonchev–Trinajstić information content (AvgIpc) is 3.91. The van der Waals surface area contributed by atoms with Crippen molar-refractivity contribution in [1.82, 2.24) is 24.1 Å². The summed E-state index contributed by atoms with van der Waals surface area (Å²) in [7, 11) is 0. The van der Waals surface area contributed by atoms with Gasteiger partial charge in [-0.05, 0) is 98.7 Å². The van der Waals surface area contributed by atoms with Gasteiger partial charge >= 0.3 is 0 Å². The lowest BCUT2D eigenvalue weighted by molar-refractivity contribution is 1.08. The molecule has 5 nitrogen and oxygen atoms in total. The third-order valence-corrected chi connectivity index (χ3v) is 13.7. The van der Waals surface area contributed by atoms with Crippen LogP contribution < -0.4 is 0 Å². The molecule has 0 bridgehead atoms. The van der Waals surface area contributed by atoms with Crippen LogP contribution in [0.3, 0.4) is 0 Å². The summed E-state index contributed by atoms with van der Waals surface area (Å²) in [5.74, 6) is 1.84. The van der Waals surface area contributed by atoms with Gasteiger partial charge in [0.25, 0.3) is 0 Å². The number of aromatic nitrogens is 5. The molecule has 0 spiro atoms. The van der Waals surface area contributed by atoms with Crippen molar-refractivity contribution >= 4 is 75.9 Å². The Kier molecular flexibility index (Phi) is 8.52. The SMILES string of the molecule is c1ccc(-c2nc(-c3ccc4c(c3)c3ccccc3n4-c3ccccc3)nc(-c3c(-c4cccc5ccccc45)cc(-n4c5ccccc5c5cc6ccccc6cc54)c4ccccc34)n2)cc1. The highest BCUT2D eigenvalue weighted by atomic mass is 15.0. The zero-order valence-electron chi connectivity index (χ0n) is 36.8. The summed E-state index contributed by atoms with van der Waals surface area (Å²) in [5.41, 5.74) is 11.7. The van der Waals surface area contributed by atoms with Crippen molar-refractivity contribution in [2.45, 2.75) is 0 Å². The summed E-state index contributed by atoms with van der Waals surface area (Å²) in [6.45, 7) is 0. The van der Waals surface area contributed by atoms with Gasteiger partial charge in [-0.3, -0.25) is 0 Å². The molecule has 316 valence electrons.